The summed E-state index contributed by atoms with van der Waals surface area (Å²) in [6, 6.07) is 0.551. The molecule has 1 N–H and O–H groups in total. The van der Waals surface area contributed by atoms with E-state index in [0.717, 1.165) is 13.0 Å². The van der Waals surface area contributed by atoms with Gasteiger partial charge < -0.3 is 10.1 Å². The first kappa shape index (κ1) is 9.93. The molecule has 1 rings (SSSR count). The van der Waals surface area contributed by atoms with Crippen molar-refractivity contribution in [3.05, 3.63) is 0 Å². The molecule has 2 atom stereocenters. The number of hydrogen-bond donors (Lipinski definition) is 1. The van der Waals surface area contributed by atoms with Gasteiger partial charge in [-0.05, 0) is 12.3 Å². The van der Waals surface area contributed by atoms with Crippen LogP contribution in [0.3, 0.4) is 0 Å². The Labute approximate surface area is 73.5 Å². The minimum absolute atomic E-state index is 0.230. The molecule has 0 aromatic carbocycles. The van der Waals surface area contributed by atoms with Crippen molar-refractivity contribution in [2.75, 3.05) is 19.8 Å². The Morgan fingerprint density at radius 3 is 2.83 bits per heavy atom. The van der Waals surface area contributed by atoms with Crippen LogP contribution in [0.1, 0.15) is 20.3 Å². The largest absolute Gasteiger partial charge is 0.374 e. The molecule has 1 saturated heterocycles. The van der Waals surface area contributed by atoms with Crippen molar-refractivity contribution in [1.29, 1.82) is 0 Å². The van der Waals surface area contributed by atoms with Crippen LogP contribution in [-0.2, 0) is 4.74 Å². The Morgan fingerprint density at radius 2 is 2.33 bits per heavy atom. The standard InChI is InChI=1S/C9H18FNO/c1-7(2)9-5-8(6-11-9)12-4-3-10/h7-9,11H,3-6H2,1-2H3. The molecule has 0 bridgehead atoms. The molecule has 3 heteroatoms. The molecule has 2 nitrogen and oxygen atoms in total. The van der Waals surface area contributed by atoms with E-state index < -0.39 is 0 Å². The molecule has 0 amide bonds. The van der Waals surface area contributed by atoms with Crippen molar-refractivity contribution in [2.45, 2.75) is 32.4 Å². The molecule has 1 aliphatic rings. The quantitative estimate of drug-likeness (QED) is 0.696. The molecule has 12 heavy (non-hydrogen) atoms. The summed E-state index contributed by atoms with van der Waals surface area (Å²) in [6.07, 6.45) is 1.26. The topological polar surface area (TPSA) is 21.3 Å². The fourth-order valence-corrected chi connectivity index (χ4v) is 1.58. The van der Waals surface area contributed by atoms with Crippen LogP contribution in [-0.4, -0.2) is 32.0 Å². The van der Waals surface area contributed by atoms with E-state index in [9.17, 15) is 4.39 Å². The van der Waals surface area contributed by atoms with Crippen molar-refractivity contribution in [3.63, 3.8) is 0 Å². The van der Waals surface area contributed by atoms with Crippen LogP contribution in [0.5, 0.6) is 0 Å². The third-order valence-electron chi connectivity index (χ3n) is 2.36. The molecule has 1 aliphatic heterocycles. The molecular weight excluding hydrogens is 157 g/mol. The van der Waals surface area contributed by atoms with Gasteiger partial charge in [0, 0.05) is 12.6 Å². The van der Waals surface area contributed by atoms with E-state index in [1.54, 1.807) is 0 Å². The highest BCUT2D eigenvalue weighted by Crippen LogP contribution is 2.16. The maximum Gasteiger partial charge on any atom is 0.113 e. The van der Waals surface area contributed by atoms with Crippen LogP contribution in [0.2, 0.25) is 0 Å². The summed E-state index contributed by atoms with van der Waals surface area (Å²) >= 11 is 0. The third-order valence-corrected chi connectivity index (χ3v) is 2.36. The minimum Gasteiger partial charge on any atom is -0.374 e. The predicted molar refractivity (Wildman–Crippen MR) is 47.0 cm³/mol. The number of rotatable bonds is 4. The molecular formula is C9H18FNO. The lowest BCUT2D eigenvalue weighted by molar-refractivity contribution is 0.0549. The van der Waals surface area contributed by atoms with Gasteiger partial charge in [0.15, 0.2) is 0 Å². The van der Waals surface area contributed by atoms with Crippen LogP contribution in [0, 0.1) is 5.92 Å². The second-order valence-electron chi connectivity index (χ2n) is 3.68. The zero-order valence-electron chi connectivity index (χ0n) is 7.85. The van der Waals surface area contributed by atoms with Gasteiger partial charge >= 0.3 is 0 Å². The number of halogens is 1. The average molecular weight is 175 g/mol. The van der Waals surface area contributed by atoms with Crippen LogP contribution >= 0.6 is 0 Å². The lowest BCUT2D eigenvalue weighted by Crippen LogP contribution is -2.26. The highest BCUT2D eigenvalue weighted by atomic mass is 19.1. The molecule has 1 fully saturated rings. The van der Waals surface area contributed by atoms with Crippen LogP contribution in [0.15, 0.2) is 0 Å². The van der Waals surface area contributed by atoms with E-state index in [1.165, 1.54) is 0 Å². The van der Waals surface area contributed by atoms with Crippen molar-refractivity contribution in [1.82, 2.24) is 5.32 Å². The summed E-state index contributed by atoms with van der Waals surface area (Å²) in [5.41, 5.74) is 0. The Bertz CT molecular complexity index is 130. The minimum atomic E-state index is -0.372. The van der Waals surface area contributed by atoms with Gasteiger partial charge in [-0.15, -0.1) is 0 Å². The van der Waals surface area contributed by atoms with Gasteiger partial charge in [-0.3, -0.25) is 0 Å². The van der Waals surface area contributed by atoms with Gasteiger partial charge in [-0.25, -0.2) is 4.39 Å². The smallest absolute Gasteiger partial charge is 0.113 e. The maximum atomic E-state index is 11.8. The fourth-order valence-electron chi connectivity index (χ4n) is 1.58. The number of ether oxygens (including phenoxy) is 1. The number of alkyl halides is 1. The summed E-state index contributed by atoms with van der Waals surface area (Å²) in [6.45, 7) is 5.13. The van der Waals surface area contributed by atoms with Gasteiger partial charge in [-0.1, -0.05) is 13.8 Å². The van der Waals surface area contributed by atoms with Crippen molar-refractivity contribution >= 4 is 0 Å². The SMILES string of the molecule is CC(C)C1CC(OCCF)CN1. The molecule has 0 saturated carbocycles. The van der Waals surface area contributed by atoms with E-state index in [0.29, 0.717) is 12.0 Å². The molecule has 72 valence electrons. The first-order valence-corrected chi connectivity index (χ1v) is 4.65. The van der Waals surface area contributed by atoms with Gasteiger partial charge in [0.05, 0.1) is 12.7 Å². The zero-order valence-corrected chi connectivity index (χ0v) is 7.85. The predicted octanol–water partition coefficient (Wildman–Crippen LogP) is 1.36. The molecule has 0 spiro atoms. The fraction of sp³-hybridized carbons (Fsp3) is 1.00. The van der Waals surface area contributed by atoms with Crippen LogP contribution in [0.25, 0.3) is 0 Å². The van der Waals surface area contributed by atoms with Gasteiger partial charge in [-0.2, -0.15) is 0 Å². The molecule has 0 aliphatic carbocycles. The van der Waals surface area contributed by atoms with Crippen molar-refractivity contribution < 1.29 is 9.13 Å². The van der Waals surface area contributed by atoms with Gasteiger partial charge in [0.25, 0.3) is 0 Å². The van der Waals surface area contributed by atoms with Crippen LogP contribution < -0.4 is 5.32 Å². The summed E-state index contributed by atoms with van der Waals surface area (Å²) in [4.78, 5) is 0. The lowest BCUT2D eigenvalue weighted by atomic mass is 10.0. The van der Waals surface area contributed by atoms with Crippen molar-refractivity contribution in [3.8, 4) is 0 Å². The summed E-state index contributed by atoms with van der Waals surface area (Å²) in [7, 11) is 0. The summed E-state index contributed by atoms with van der Waals surface area (Å²) in [5.74, 6) is 0.643. The highest BCUT2D eigenvalue weighted by molar-refractivity contribution is 4.84. The van der Waals surface area contributed by atoms with E-state index >= 15 is 0 Å². The van der Waals surface area contributed by atoms with E-state index in [2.05, 4.69) is 19.2 Å². The van der Waals surface area contributed by atoms with E-state index in [1.807, 2.05) is 0 Å². The van der Waals surface area contributed by atoms with E-state index in [4.69, 9.17) is 4.74 Å². The summed E-state index contributed by atoms with van der Waals surface area (Å²) in [5, 5.41) is 3.37. The monoisotopic (exact) mass is 175 g/mol. The molecule has 2 unspecified atom stereocenters. The second-order valence-corrected chi connectivity index (χ2v) is 3.68. The Balaban J connectivity index is 2.17. The Kier molecular flexibility index (Phi) is 3.95. The average Bonchev–Trinajstić information content (AvgIpc) is 2.48. The number of nitrogens with one attached hydrogen (secondary N) is 1. The third kappa shape index (κ3) is 2.72. The van der Waals surface area contributed by atoms with Crippen LogP contribution in [0.4, 0.5) is 4.39 Å². The second kappa shape index (κ2) is 4.77. The molecule has 1 heterocycles. The number of hydrogen-bond acceptors (Lipinski definition) is 2. The first-order valence-electron chi connectivity index (χ1n) is 4.65. The maximum absolute atomic E-state index is 11.8. The molecule has 0 aromatic rings. The first-order chi connectivity index (χ1) is 5.74. The van der Waals surface area contributed by atoms with Crippen molar-refractivity contribution in [2.24, 2.45) is 5.92 Å². The normalized spacial score (nSPS) is 30.0. The Hall–Kier alpha value is -0.150. The van der Waals surface area contributed by atoms with Gasteiger partial charge in [0.1, 0.15) is 6.67 Å². The highest BCUT2D eigenvalue weighted by Gasteiger charge is 2.26. The Morgan fingerprint density at radius 1 is 1.58 bits per heavy atom. The molecule has 0 radical (unpaired) electrons. The van der Waals surface area contributed by atoms with E-state index in [-0.39, 0.29) is 19.4 Å². The zero-order chi connectivity index (χ0) is 8.97. The summed E-state index contributed by atoms with van der Waals surface area (Å²) < 4.78 is 17.1. The lowest BCUT2D eigenvalue weighted by Gasteiger charge is -2.14. The molecule has 0 aromatic heterocycles. The van der Waals surface area contributed by atoms with Gasteiger partial charge in [0.2, 0.25) is 0 Å².